The fourth-order valence-electron chi connectivity index (χ4n) is 3.72. The summed E-state index contributed by atoms with van der Waals surface area (Å²) in [5.41, 5.74) is 2.23. The van der Waals surface area contributed by atoms with E-state index < -0.39 is 0 Å². The zero-order chi connectivity index (χ0) is 20.2. The van der Waals surface area contributed by atoms with Crippen molar-refractivity contribution in [3.8, 4) is 0 Å². The van der Waals surface area contributed by atoms with Gasteiger partial charge in [-0.25, -0.2) is 9.97 Å². The highest BCUT2D eigenvalue weighted by molar-refractivity contribution is 14.0. The SMILES string of the molecule is CCc1nsc(N2CCN(C(=NC)NCCn3c(C)nc4ccccc43)CC2)n1.I. The van der Waals surface area contributed by atoms with Gasteiger partial charge in [0.25, 0.3) is 0 Å². The van der Waals surface area contributed by atoms with Gasteiger partial charge in [-0.3, -0.25) is 4.99 Å². The van der Waals surface area contributed by atoms with E-state index in [1.54, 1.807) is 0 Å². The summed E-state index contributed by atoms with van der Waals surface area (Å²) in [6, 6.07) is 8.28. The van der Waals surface area contributed by atoms with Gasteiger partial charge >= 0.3 is 0 Å². The summed E-state index contributed by atoms with van der Waals surface area (Å²) < 4.78 is 6.66. The number of benzene rings is 1. The first kappa shape index (κ1) is 22.7. The molecule has 1 aliphatic heterocycles. The summed E-state index contributed by atoms with van der Waals surface area (Å²) in [7, 11) is 1.85. The third-order valence-electron chi connectivity index (χ3n) is 5.30. The van der Waals surface area contributed by atoms with Gasteiger partial charge in [-0.1, -0.05) is 19.1 Å². The first-order chi connectivity index (χ1) is 14.2. The molecule has 0 bridgehead atoms. The minimum absolute atomic E-state index is 0. The molecule has 1 fully saturated rings. The second kappa shape index (κ2) is 10.4. The maximum atomic E-state index is 4.64. The Balaban J connectivity index is 0.00000256. The Morgan fingerprint density at radius 1 is 1.17 bits per heavy atom. The lowest BCUT2D eigenvalue weighted by Crippen LogP contribution is -2.53. The van der Waals surface area contributed by atoms with Crippen LogP contribution in [0.25, 0.3) is 11.0 Å². The van der Waals surface area contributed by atoms with Gasteiger partial charge in [0.1, 0.15) is 11.6 Å². The fourth-order valence-corrected chi connectivity index (χ4v) is 4.52. The van der Waals surface area contributed by atoms with Crippen molar-refractivity contribution in [2.45, 2.75) is 26.8 Å². The van der Waals surface area contributed by atoms with Crippen LogP contribution in [0.3, 0.4) is 0 Å². The van der Waals surface area contributed by atoms with Gasteiger partial charge in [-0.05, 0) is 19.1 Å². The van der Waals surface area contributed by atoms with Crippen LogP contribution in [0.2, 0.25) is 0 Å². The van der Waals surface area contributed by atoms with Crippen molar-refractivity contribution in [2.24, 2.45) is 4.99 Å². The van der Waals surface area contributed by atoms with Crippen LogP contribution < -0.4 is 10.2 Å². The molecule has 1 N–H and O–H groups in total. The van der Waals surface area contributed by atoms with Gasteiger partial charge in [0.05, 0.1) is 11.0 Å². The monoisotopic (exact) mass is 540 g/mol. The fraction of sp³-hybridized carbons (Fsp3) is 0.500. The molecule has 0 atom stereocenters. The quantitative estimate of drug-likeness (QED) is 0.305. The number of nitrogens with zero attached hydrogens (tertiary/aromatic N) is 7. The van der Waals surface area contributed by atoms with Gasteiger partial charge in [-0.2, -0.15) is 4.37 Å². The maximum absolute atomic E-state index is 4.64. The van der Waals surface area contributed by atoms with Crippen LogP contribution in [0.15, 0.2) is 29.3 Å². The van der Waals surface area contributed by atoms with Crippen molar-refractivity contribution in [2.75, 3.05) is 44.7 Å². The van der Waals surface area contributed by atoms with E-state index in [4.69, 9.17) is 0 Å². The molecule has 0 aliphatic carbocycles. The van der Waals surface area contributed by atoms with E-state index in [1.165, 1.54) is 17.0 Å². The van der Waals surface area contributed by atoms with E-state index in [0.717, 1.165) is 73.9 Å². The predicted octanol–water partition coefficient (Wildman–Crippen LogP) is 2.77. The van der Waals surface area contributed by atoms with Crippen molar-refractivity contribution in [1.82, 2.24) is 29.1 Å². The topological polar surface area (TPSA) is 74.5 Å². The highest BCUT2D eigenvalue weighted by Gasteiger charge is 2.22. The average molecular weight is 540 g/mol. The number of imidazole rings is 1. The molecule has 0 radical (unpaired) electrons. The van der Waals surface area contributed by atoms with E-state index in [0.29, 0.717) is 0 Å². The zero-order valence-corrected chi connectivity index (χ0v) is 20.9. The zero-order valence-electron chi connectivity index (χ0n) is 17.7. The lowest BCUT2D eigenvalue weighted by atomic mass is 10.3. The van der Waals surface area contributed by atoms with Crippen LogP contribution in [-0.2, 0) is 13.0 Å². The molecule has 3 heterocycles. The molecular formula is C20H29IN8S. The van der Waals surface area contributed by atoms with Crippen molar-refractivity contribution in [3.05, 3.63) is 35.9 Å². The van der Waals surface area contributed by atoms with Gasteiger partial charge in [0, 0.05) is 64.3 Å². The van der Waals surface area contributed by atoms with Crippen LogP contribution in [-0.4, -0.2) is 69.5 Å². The Morgan fingerprint density at radius 3 is 2.63 bits per heavy atom. The third kappa shape index (κ3) is 4.85. The highest BCUT2D eigenvalue weighted by Crippen LogP contribution is 2.19. The minimum Gasteiger partial charge on any atom is -0.354 e. The van der Waals surface area contributed by atoms with Crippen LogP contribution >= 0.6 is 35.5 Å². The second-order valence-corrected chi connectivity index (χ2v) is 7.82. The normalized spacial score (nSPS) is 14.8. The second-order valence-electron chi connectivity index (χ2n) is 7.09. The number of nitrogens with one attached hydrogen (secondary N) is 1. The number of hydrogen-bond acceptors (Lipinski definition) is 6. The van der Waals surface area contributed by atoms with Crippen LogP contribution in [0.4, 0.5) is 5.13 Å². The number of aromatic nitrogens is 4. The molecule has 1 aromatic carbocycles. The molecule has 4 rings (SSSR count). The number of guanidine groups is 1. The number of para-hydroxylation sites is 2. The smallest absolute Gasteiger partial charge is 0.205 e. The van der Waals surface area contributed by atoms with E-state index in [2.05, 4.69) is 71.1 Å². The minimum atomic E-state index is 0. The predicted molar refractivity (Wildman–Crippen MR) is 134 cm³/mol. The van der Waals surface area contributed by atoms with Crippen LogP contribution in [0.5, 0.6) is 0 Å². The molecule has 0 amide bonds. The molecule has 8 nitrogen and oxygen atoms in total. The Morgan fingerprint density at radius 2 is 1.93 bits per heavy atom. The van der Waals surface area contributed by atoms with Gasteiger partial charge in [0.2, 0.25) is 5.13 Å². The van der Waals surface area contributed by atoms with Gasteiger partial charge in [-0.15, -0.1) is 24.0 Å². The summed E-state index contributed by atoms with van der Waals surface area (Å²) in [5, 5.41) is 4.55. The Bertz CT molecular complexity index is 990. The molecule has 0 spiro atoms. The molecule has 0 saturated carbocycles. The number of anilines is 1. The maximum Gasteiger partial charge on any atom is 0.205 e. The molecule has 1 saturated heterocycles. The standard InChI is InChI=1S/C20H28N8S.HI/c1-4-18-24-20(29-25-18)27-13-11-26(12-14-27)19(21-3)22-9-10-28-15(2)23-16-7-5-6-8-17(16)28;/h5-8H,4,9-14H2,1-3H3,(H,21,22);1H. The van der Waals surface area contributed by atoms with Gasteiger partial charge < -0.3 is 19.7 Å². The number of aliphatic imine (C=N–C) groups is 1. The van der Waals surface area contributed by atoms with Crippen LogP contribution in [0, 0.1) is 6.92 Å². The number of aryl methyl sites for hydroxylation is 2. The summed E-state index contributed by atoms with van der Waals surface area (Å²) in [4.78, 5) is 18.4. The largest absolute Gasteiger partial charge is 0.354 e. The van der Waals surface area contributed by atoms with Crippen molar-refractivity contribution < 1.29 is 0 Å². The van der Waals surface area contributed by atoms with Crippen molar-refractivity contribution in [1.29, 1.82) is 0 Å². The summed E-state index contributed by atoms with van der Waals surface area (Å²) >= 11 is 1.50. The first-order valence-electron chi connectivity index (χ1n) is 10.1. The van der Waals surface area contributed by atoms with E-state index in [9.17, 15) is 0 Å². The lowest BCUT2D eigenvalue weighted by Gasteiger charge is -2.36. The molecule has 162 valence electrons. The number of halogens is 1. The Labute approximate surface area is 198 Å². The molecule has 10 heteroatoms. The van der Waals surface area contributed by atoms with Crippen molar-refractivity contribution in [3.63, 3.8) is 0 Å². The number of fused-ring (bicyclic) bond motifs is 1. The Kier molecular flexibility index (Phi) is 7.87. The van der Waals surface area contributed by atoms with Gasteiger partial charge in [0.15, 0.2) is 5.96 Å². The van der Waals surface area contributed by atoms with E-state index >= 15 is 0 Å². The summed E-state index contributed by atoms with van der Waals surface area (Å²) in [6.45, 7) is 9.54. The average Bonchev–Trinajstić information content (AvgIpc) is 3.36. The first-order valence-corrected chi connectivity index (χ1v) is 10.9. The van der Waals surface area contributed by atoms with Crippen molar-refractivity contribution >= 4 is 57.6 Å². The van der Waals surface area contributed by atoms with Crippen LogP contribution in [0.1, 0.15) is 18.6 Å². The third-order valence-corrected chi connectivity index (χ3v) is 6.11. The molecular weight excluding hydrogens is 511 g/mol. The molecule has 1 aliphatic rings. The number of piperazine rings is 1. The summed E-state index contributed by atoms with van der Waals surface area (Å²) in [5.74, 6) is 2.94. The molecule has 2 aromatic heterocycles. The Hall–Kier alpha value is -1.95. The summed E-state index contributed by atoms with van der Waals surface area (Å²) in [6.07, 6.45) is 0.888. The van der Waals surface area contributed by atoms with E-state index in [-0.39, 0.29) is 24.0 Å². The molecule has 30 heavy (non-hydrogen) atoms. The number of rotatable bonds is 5. The molecule has 3 aromatic rings. The highest BCUT2D eigenvalue weighted by atomic mass is 127. The lowest BCUT2D eigenvalue weighted by molar-refractivity contribution is 0.371. The number of hydrogen-bond donors (Lipinski definition) is 1. The van der Waals surface area contributed by atoms with E-state index in [1.807, 2.05) is 13.1 Å². The molecule has 0 unspecified atom stereocenters.